The van der Waals surface area contributed by atoms with Crippen LogP contribution in [0.25, 0.3) is 11.5 Å². The Labute approximate surface area is 139 Å². The third-order valence-electron chi connectivity index (χ3n) is 3.39. The maximum atomic E-state index is 12.6. The minimum absolute atomic E-state index is 0.111. The lowest BCUT2D eigenvalue weighted by atomic mass is 10.1. The van der Waals surface area contributed by atoms with Crippen molar-refractivity contribution in [2.75, 3.05) is 0 Å². The van der Waals surface area contributed by atoms with Gasteiger partial charge in [-0.3, -0.25) is 4.98 Å². The van der Waals surface area contributed by atoms with Crippen molar-refractivity contribution in [3.8, 4) is 17.5 Å². The zero-order valence-corrected chi connectivity index (χ0v) is 13.6. The Hall–Kier alpha value is -2.98. The molecule has 0 N–H and O–H groups in total. The summed E-state index contributed by atoms with van der Waals surface area (Å²) in [4.78, 5) is 7.87. The molecule has 0 radical (unpaired) electrons. The van der Waals surface area contributed by atoms with Gasteiger partial charge < -0.3 is 4.42 Å². The molecule has 0 saturated heterocycles. The fourth-order valence-electron chi connectivity index (χ4n) is 2.17. The number of pyridine rings is 1. The van der Waals surface area contributed by atoms with E-state index >= 15 is 0 Å². The van der Waals surface area contributed by atoms with Gasteiger partial charge in [0.2, 0.25) is 15.7 Å². The monoisotopic (exact) mass is 339 g/mol. The van der Waals surface area contributed by atoms with Crippen molar-refractivity contribution < 1.29 is 12.8 Å². The summed E-state index contributed by atoms with van der Waals surface area (Å²) in [6.07, 6.45) is 3.02. The van der Waals surface area contributed by atoms with E-state index in [1.165, 1.54) is 12.4 Å². The molecule has 3 rings (SSSR count). The Balaban J connectivity index is 2.01. The molecule has 7 heteroatoms. The van der Waals surface area contributed by atoms with E-state index in [0.29, 0.717) is 11.1 Å². The summed E-state index contributed by atoms with van der Waals surface area (Å²) in [5.74, 6) is -0.174. The number of nitriles is 1. The number of benzene rings is 1. The number of aryl methyl sites for hydroxylation is 1. The Morgan fingerprint density at radius 3 is 2.42 bits per heavy atom. The predicted molar refractivity (Wildman–Crippen MR) is 86.5 cm³/mol. The van der Waals surface area contributed by atoms with E-state index in [2.05, 4.69) is 9.97 Å². The van der Waals surface area contributed by atoms with E-state index in [4.69, 9.17) is 4.42 Å². The van der Waals surface area contributed by atoms with Crippen molar-refractivity contribution in [2.45, 2.75) is 17.8 Å². The van der Waals surface area contributed by atoms with Crippen LogP contribution in [0.3, 0.4) is 0 Å². The molecule has 0 amide bonds. The highest BCUT2D eigenvalue weighted by Gasteiger charge is 2.27. The number of aromatic nitrogens is 2. The van der Waals surface area contributed by atoms with Crippen molar-refractivity contribution in [1.82, 2.24) is 9.97 Å². The summed E-state index contributed by atoms with van der Waals surface area (Å²) < 4.78 is 30.6. The molecule has 6 nitrogen and oxygen atoms in total. The Morgan fingerprint density at radius 1 is 1.12 bits per heavy atom. The van der Waals surface area contributed by atoms with Gasteiger partial charge in [0.1, 0.15) is 6.07 Å². The van der Waals surface area contributed by atoms with Crippen molar-refractivity contribution in [3.05, 3.63) is 65.6 Å². The SMILES string of the molecule is Cc1ccc(-c2nc(C#N)c(S(=O)(=O)Cc3ccncc3)o2)cc1. The molecule has 0 spiro atoms. The zero-order valence-electron chi connectivity index (χ0n) is 12.8. The average molecular weight is 339 g/mol. The summed E-state index contributed by atoms with van der Waals surface area (Å²) in [7, 11) is -3.83. The highest BCUT2D eigenvalue weighted by Crippen LogP contribution is 2.27. The number of nitrogens with zero attached hydrogens (tertiary/aromatic N) is 3. The maximum absolute atomic E-state index is 12.6. The van der Waals surface area contributed by atoms with Gasteiger partial charge in [-0.15, -0.1) is 0 Å². The molecule has 0 aliphatic rings. The van der Waals surface area contributed by atoms with Crippen LogP contribution in [0.5, 0.6) is 0 Å². The first-order valence-electron chi connectivity index (χ1n) is 7.09. The molecular weight excluding hydrogens is 326 g/mol. The molecule has 0 fully saturated rings. The highest BCUT2D eigenvalue weighted by molar-refractivity contribution is 7.90. The van der Waals surface area contributed by atoms with E-state index in [-0.39, 0.29) is 17.3 Å². The molecule has 3 aromatic rings. The molecule has 0 bridgehead atoms. The first-order chi connectivity index (χ1) is 11.5. The minimum atomic E-state index is -3.83. The van der Waals surface area contributed by atoms with Crippen LogP contribution < -0.4 is 0 Å². The molecule has 120 valence electrons. The highest BCUT2D eigenvalue weighted by atomic mass is 32.2. The van der Waals surface area contributed by atoms with Gasteiger partial charge in [0.25, 0.3) is 5.09 Å². The van der Waals surface area contributed by atoms with Gasteiger partial charge in [-0.2, -0.15) is 10.2 Å². The van der Waals surface area contributed by atoms with Gasteiger partial charge in [-0.05, 0) is 36.8 Å². The average Bonchev–Trinajstić information content (AvgIpc) is 3.01. The molecule has 0 unspecified atom stereocenters. The lowest BCUT2D eigenvalue weighted by molar-refractivity contribution is 0.457. The van der Waals surface area contributed by atoms with Gasteiger partial charge in [0.05, 0.1) is 5.75 Å². The largest absolute Gasteiger partial charge is 0.423 e. The summed E-state index contributed by atoms with van der Waals surface area (Å²) >= 11 is 0. The second-order valence-electron chi connectivity index (χ2n) is 5.25. The Bertz CT molecular complexity index is 1000. The quantitative estimate of drug-likeness (QED) is 0.725. The second-order valence-corrected chi connectivity index (χ2v) is 7.14. The molecule has 24 heavy (non-hydrogen) atoms. The summed E-state index contributed by atoms with van der Waals surface area (Å²) in [5.41, 5.74) is 1.99. The van der Waals surface area contributed by atoms with Crippen LogP contribution in [0, 0.1) is 18.3 Å². The molecule has 2 heterocycles. The van der Waals surface area contributed by atoms with Gasteiger partial charge in [0, 0.05) is 18.0 Å². The molecular formula is C17H13N3O3S. The standard InChI is InChI=1S/C17H13N3O3S/c1-12-2-4-14(5-3-12)16-20-15(10-18)17(23-16)24(21,22)11-13-6-8-19-9-7-13/h2-9H,11H2,1H3. The van der Waals surface area contributed by atoms with E-state index < -0.39 is 14.9 Å². The molecule has 0 aliphatic heterocycles. The smallest absolute Gasteiger partial charge is 0.257 e. The molecule has 0 aliphatic carbocycles. The lowest BCUT2D eigenvalue weighted by Gasteiger charge is -2.01. The molecule has 0 saturated carbocycles. The van der Waals surface area contributed by atoms with Crippen LogP contribution in [0.2, 0.25) is 0 Å². The van der Waals surface area contributed by atoms with Crippen LogP contribution in [0.15, 0.2) is 58.3 Å². The van der Waals surface area contributed by atoms with Crippen LogP contribution >= 0.6 is 0 Å². The number of sulfone groups is 1. The van der Waals surface area contributed by atoms with Crippen LogP contribution in [-0.4, -0.2) is 18.4 Å². The zero-order chi connectivity index (χ0) is 17.2. The van der Waals surface area contributed by atoms with Crippen LogP contribution in [0.1, 0.15) is 16.8 Å². The number of oxazole rings is 1. The summed E-state index contributed by atoms with van der Waals surface area (Å²) in [6.45, 7) is 1.94. The van der Waals surface area contributed by atoms with Gasteiger partial charge in [-0.25, -0.2) is 8.42 Å². The summed E-state index contributed by atoms with van der Waals surface area (Å²) in [5, 5.41) is 8.80. The number of hydrogen-bond acceptors (Lipinski definition) is 6. The summed E-state index contributed by atoms with van der Waals surface area (Å²) in [6, 6.07) is 12.2. The Kier molecular flexibility index (Phi) is 4.15. The van der Waals surface area contributed by atoms with Gasteiger partial charge in [-0.1, -0.05) is 17.7 Å². The van der Waals surface area contributed by atoms with Gasteiger partial charge in [0.15, 0.2) is 5.69 Å². The Morgan fingerprint density at radius 2 is 1.79 bits per heavy atom. The van der Waals surface area contributed by atoms with E-state index in [9.17, 15) is 13.7 Å². The normalized spacial score (nSPS) is 11.2. The predicted octanol–water partition coefficient (Wildman–Crippen LogP) is 2.89. The van der Waals surface area contributed by atoms with Gasteiger partial charge >= 0.3 is 0 Å². The minimum Gasteiger partial charge on any atom is -0.423 e. The van der Waals surface area contributed by atoms with Crippen LogP contribution in [-0.2, 0) is 15.6 Å². The van der Waals surface area contributed by atoms with Crippen molar-refractivity contribution in [3.63, 3.8) is 0 Å². The van der Waals surface area contributed by atoms with E-state index in [0.717, 1.165) is 5.56 Å². The first kappa shape index (κ1) is 15.9. The first-order valence-corrected chi connectivity index (χ1v) is 8.74. The van der Waals surface area contributed by atoms with Crippen molar-refractivity contribution in [1.29, 1.82) is 5.26 Å². The van der Waals surface area contributed by atoms with E-state index in [1.807, 2.05) is 19.1 Å². The molecule has 0 atom stereocenters. The lowest BCUT2D eigenvalue weighted by Crippen LogP contribution is -2.05. The molecule has 2 aromatic heterocycles. The van der Waals surface area contributed by atoms with E-state index in [1.54, 1.807) is 30.3 Å². The maximum Gasteiger partial charge on any atom is 0.257 e. The second kappa shape index (κ2) is 6.26. The van der Waals surface area contributed by atoms with Crippen LogP contribution in [0.4, 0.5) is 0 Å². The number of hydrogen-bond donors (Lipinski definition) is 0. The molecule has 1 aromatic carbocycles. The number of rotatable bonds is 4. The topological polar surface area (TPSA) is 96.8 Å². The van der Waals surface area contributed by atoms with Crippen molar-refractivity contribution >= 4 is 9.84 Å². The fraction of sp³-hybridized carbons (Fsp3) is 0.118. The van der Waals surface area contributed by atoms with Crippen molar-refractivity contribution in [2.24, 2.45) is 0 Å². The third kappa shape index (κ3) is 3.19. The fourth-order valence-corrected chi connectivity index (χ4v) is 3.53. The third-order valence-corrected chi connectivity index (χ3v) is 4.94.